The molecule has 0 aliphatic rings. The van der Waals surface area contributed by atoms with Gasteiger partial charge in [-0.2, -0.15) is 0 Å². The minimum Gasteiger partial charge on any atom is -0.451 e. The normalized spacial score (nSPS) is 16.4. The highest BCUT2D eigenvalue weighted by Crippen LogP contribution is 2.32. The molecule has 6 nitrogen and oxygen atoms in total. The van der Waals surface area contributed by atoms with E-state index in [-0.39, 0.29) is 5.57 Å². The number of aliphatic hydroxyl groups excluding tert-OH is 2. The van der Waals surface area contributed by atoms with Crippen LogP contribution in [0.3, 0.4) is 0 Å². The zero-order valence-corrected chi connectivity index (χ0v) is 20.2. The van der Waals surface area contributed by atoms with Gasteiger partial charge in [-0.25, -0.2) is 4.79 Å². The molecule has 0 aromatic carbocycles. The van der Waals surface area contributed by atoms with Crippen LogP contribution in [0.5, 0.6) is 0 Å². The Labute approximate surface area is 156 Å². The van der Waals surface area contributed by atoms with Crippen molar-refractivity contribution < 1.29 is 28.0 Å². The molecule has 0 aromatic heterocycles. The first kappa shape index (κ1) is 24.7. The molecule has 0 rings (SSSR count). The molecular weight excluding hydrogens is 372 g/mol. The Kier molecular flexibility index (Phi) is 9.47. The first-order valence-electron chi connectivity index (χ1n) is 8.72. The number of carbonyl (C=O) groups is 1. The van der Waals surface area contributed by atoms with E-state index in [0.29, 0.717) is 12.8 Å². The molecule has 0 fully saturated rings. The van der Waals surface area contributed by atoms with Gasteiger partial charge in [0.2, 0.25) is 0 Å². The summed E-state index contributed by atoms with van der Waals surface area (Å²) in [5, 5.41) is 19.0. The Morgan fingerprint density at radius 1 is 1.16 bits per heavy atom. The zero-order chi connectivity index (χ0) is 20.1. The second kappa shape index (κ2) is 9.58. The van der Waals surface area contributed by atoms with Crippen molar-refractivity contribution in [3.8, 4) is 0 Å². The summed E-state index contributed by atoms with van der Waals surface area (Å²) in [5.74, 6) is -0.600. The molecule has 0 bridgehead atoms. The average molecular weight is 409 g/mol. The standard InChI is InChI=1S/C16H36O6Si3/c1-10-11-16(14(18)12-17,20-15(19)13(2)3)23(21-24(4,5)6)22-25(7,8)9/h14,17-18,23H,2,10-12H2,1,3-9H3. The van der Waals surface area contributed by atoms with E-state index in [9.17, 15) is 15.0 Å². The Balaban J connectivity index is 6.17. The fourth-order valence-electron chi connectivity index (χ4n) is 2.28. The summed E-state index contributed by atoms with van der Waals surface area (Å²) in [4.78, 5) is 12.3. The van der Waals surface area contributed by atoms with Crippen LogP contribution in [-0.4, -0.2) is 60.0 Å². The van der Waals surface area contributed by atoms with Gasteiger partial charge in [0.1, 0.15) is 6.10 Å². The molecule has 2 N–H and O–H groups in total. The quantitative estimate of drug-likeness (QED) is 0.310. The monoisotopic (exact) mass is 408 g/mol. The molecule has 0 aromatic rings. The van der Waals surface area contributed by atoms with Gasteiger partial charge in [0.25, 0.3) is 0 Å². The first-order valence-corrected chi connectivity index (χ1v) is 17.1. The van der Waals surface area contributed by atoms with E-state index in [4.69, 9.17) is 13.0 Å². The molecule has 2 unspecified atom stereocenters. The van der Waals surface area contributed by atoms with Crippen molar-refractivity contribution in [2.45, 2.75) is 77.3 Å². The average Bonchev–Trinajstić information content (AvgIpc) is 2.41. The number of rotatable bonds is 11. The molecule has 148 valence electrons. The minimum atomic E-state index is -2.70. The third-order valence-corrected chi connectivity index (χ3v) is 12.3. The lowest BCUT2D eigenvalue weighted by Gasteiger charge is -2.45. The maximum atomic E-state index is 12.3. The number of esters is 1. The lowest BCUT2D eigenvalue weighted by Crippen LogP contribution is -2.65. The highest BCUT2D eigenvalue weighted by Gasteiger charge is 2.54. The number of ether oxygens (including phenoxy) is 1. The van der Waals surface area contributed by atoms with Crippen molar-refractivity contribution in [1.82, 2.24) is 0 Å². The highest BCUT2D eigenvalue weighted by atomic mass is 28.4. The van der Waals surface area contributed by atoms with E-state index in [1.54, 1.807) is 6.92 Å². The maximum Gasteiger partial charge on any atom is 0.349 e. The van der Waals surface area contributed by atoms with Gasteiger partial charge >= 0.3 is 15.3 Å². The molecule has 0 saturated heterocycles. The fourth-order valence-corrected chi connectivity index (χ4v) is 10.8. The molecule has 0 spiro atoms. The van der Waals surface area contributed by atoms with Gasteiger partial charge in [-0.1, -0.05) is 19.9 Å². The van der Waals surface area contributed by atoms with Crippen molar-refractivity contribution in [2.75, 3.05) is 6.61 Å². The van der Waals surface area contributed by atoms with Crippen molar-refractivity contribution >= 4 is 31.9 Å². The second-order valence-corrected chi connectivity index (χ2v) is 20.3. The predicted octanol–water partition coefficient (Wildman–Crippen LogP) is 2.46. The zero-order valence-electron chi connectivity index (χ0n) is 17.0. The van der Waals surface area contributed by atoms with Crippen LogP contribution in [0.15, 0.2) is 12.2 Å². The molecule has 0 heterocycles. The number of hydrogen-bond acceptors (Lipinski definition) is 6. The van der Waals surface area contributed by atoms with E-state index in [1.165, 1.54) is 0 Å². The van der Waals surface area contributed by atoms with Crippen molar-refractivity contribution in [3.05, 3.63) is 12.2 Å². The molecule has 0 aliphatic heterocycles. The minimum absolute atomic E-state index is 0.236. The van der Waals surface area contributed by atoms with E-state index in [2.05, 4.69) is 6.58 Å². The second-order valence-electron chi connectivity index (χ2n) is 8.37. The molecule has 25 heavy (non-hydrogen) atoms. The Hall–Kier alpha value is -0.299. The third kappa shape index (κ3) is 8.29. The van der Waals surface area contributed by atoms with Gasteiger partial charge in [0.15, 0.2) is 21.9 Å². The van der Waals surface area contributed by atoms with E-state index >= 15 is 0 Å². The van der Waals surface area contributed by atoms with Crippen LogP contribution < -0.4 is 0 Å². The van der Waals surface area contributed by atoms with Gasteiger partial charge in [-0.3, -0.25) is 0 Å². The van der Waals surface area contributed by atoms with Gasteiger partial charge in [0, 0.05) is 5.57 Å². The van der Waals surface area contributed by atoms with Crippen LogP contribution in [0.25, 0.3) is 0 Å². The van der Waals surface area contributed by atoms with Gasteiger partial charge in [-0.15, -0.1) is 0 Å². The van der Waals surface area contributed by atoms with E-state index < -0.39 is 49.8 Å². The molecular formula is C16H36O6Si3. The highest BCUT2D eigenvalue weighted by molar-refractivity contribution is 6.81. The lowest BCUT2D eigenvalue weighted by molar-refractivity contribution is -0.162. The molecule has 0 aliphatic carbocycles. The summed E-state index contributed by atoms with van der Waals surface area (Å²) in [5.41, 5.74) is 0.236. The molecule has 9 heteroatoms. The van der Waals surface area contributed by atoms with Crippen LogP contribution in [0.4, 0.5) is 0 Å². The van der Waals surface area contributed by atoms with Gasteiger partial charge in [0.05, 0.1) is 6.61 Å². The molecule has 0 saturated carbocycles. The van der Waals surface area contributed by atoms with Crippen molar-refractivity contribution in [1.29, 1.82) is 0 Å². The Morgan fingerprint density at radius 2 is 1.60 bits per heavy atom. The number of aliphatic hydroxyl groups is 2. The summed E-state index contributed by atoms with van der Waals surface area (Å²) in [7, 11) is -6.78. The van der Waals surface area contributed by atoms with Crippen molar-refractivity contribution in [3.63, 3.8) is 0 Å². The predicted molar refractivity (Wildman–Crippen MR) is 108 cm³/mol. The number of carbonyl (C=O) groups excluding carboxylic acids is 1. The third-order valence-electron chi connectivity index (χ3n) is 3.33. The smallest absolute Gasteiger partial charge is 0.349 e. The largest absolute Gasteiger partial charge is 0.451 e. The molecule has 2 atom stereocenters. The lowest BCUT2D eigenvalue weighted by atomic mass is 10.1. The SMILES string of the molecule is C=C(C)C(=O)OC(CCC)(C(O)CO)[SiH](O[Si](C)(C)C)O[Si](C)(C)C. The molecule has 0 amide bonds. The van der Waals surface area contributed by atoms with E-state index in [1.807, 2.05) is 46.2 Å². The fraction of sp³-hybridized carbons (Fsp3) is 0.812. The Morgan fingerprint density at radius 3 is 1.88 bits per heavy atom. The summed E-state index contributed by atoms with van der Waals surface area (Å²) in [6, 6.07) is 0. The topological polar surface area (TPSA) is 85.2 Å². The van der Waals surface area contributed by atoms with E-state index in [0.717, 1.165) is 0 Å². The Bertz CT molecular complexity index is 442. The molecule has 0 radical (unpaired) electrons. The summed E-state index contributed by atoms with van der Waals surface area (Å²) in [6.45, 7) is 18.8. The van der Waals surface area contributed by atoms with Crippen LogP contribution in [0, 0.1) is 0 Å². The summed E-state index contributed by atoms with van der Waals surface area (Å²) in [6.07, 6.45) is -0.256. The van der Waals surface area contributed by atoms with Gasteiger partial charge < -0.3 is 23.2 Å². The van der Waals surface area contributed by atoms with Crippen molar-refractivity contribution in [2.24, 2.45) is 0 Å². The summed E-state index contributed by atoms with van der Waals surface area (Å²) < 4.78 is 18.4. The van der Waals surface area contributed by atoms with Crippen LogP contribution in [0.2, 0.25) is 39.3 Å². The van der Waals surface area contributed by atoms with Crippen LogP contribution in [0.1, 0.15) is 26.7 Å². The first-order chi connectivity index (χ1) is 11.2. The number of hydrogen-bond donors (Lipinski definition) is 2. The summed E-state index contributed by atoms with van der Waals surface area (Å²) >= 11 is 0. The van der Waals surface area contributed by atoms with Crippen LogP contribution >= 0.6 is 0 Å². The van der Waals surface area contributed by atoms with Crippen LogP contribution in [-0.2, 0) is 17.8 Å². The maximum absolute atomic E-state index is 12.3. The van der Waals surface area contributed by atoms with Gasteiger partial charge in [-0.05, 0) is 52.6 Å².